The second kappa shape index (κ2) is 8.68. The Kier molecular flexibility index (Phi) is 6.23. The summed E-state index contributed by atoms with van der Waals surface area (Å²) in [6.45, 7) is 3.19. The van der Waals surface area contributed by atoms with Gasteiger partial charge in [-0.3, -0.25) is 0 Å². The van der Waals surface area contributed by atoms with Crippen LogP contribution >= 0.6 is 0 Å². The van der Waals surface area contributed by atoms with Crippen LogP contribution in [0, 0.1) is 0 Å². The first kappa shape index (κ1) is 21.5. The molecule has 0 amide bonds. The van der Waals surface area contributed by atoms with Crippen molar-refractivity contribution in [3.63, 3.8) is 0 Å². The zero-order chi connectivity index (χ0) is 21.8. The summed E-state index contributed by atoms with van der Waals surface area (Å²) in [5, 5.41) is 2.77. The SMILES string of the molecule is CC1(C)OC(=O)C(=CNc2ccc(S(=O)(=O)NCCc3ccccc3)cc2)C(=O)O1. The molecule has 0 atom stereocenters. The van der Waals surface area contributed by atoms with Crippen molar-refractivity contribution in [2.45, 2.75) is 31.0 Å². The van der Waals surface area contributed by atoms with Gasteiger partial charge in [0.05, 0.1) is 4.90 Å². The summed E-state index contributed by atoms with van der Waals surface area (Å²) in [4.78, 5) is 23.9. The number of cyclic esters (lactones) is 2. The average molecular weight is 430 g/mol. The van der Waals surface area contributed by atoms with Gasteiger partial charge < -0.3 is 14.8 Å². The Labute approximate surface area is 174 Å². The van der Waals surface area contributed by atoms with Gasteiger partial charge in [0.25, 0.3) is 5.79 Å². The Hall–Kier alpha value is -3.17. The largest absolute Gasteiger partial charge is 0.419 e. The second-order valence-electron chi connectivity index (χ2n) is 7.04. The monoisotopic (exact) mass is 430 g/mol. The smallest absolute Gasteiger partial charge is 0.350 e. The van der Waals surface area contributed by atoms with E-state index in [1.54, 1.807) is 0 Å². The Morgan fingerprint density at radius 3 is 2.13 bits per heavy atom. The Morgan fingerprint density at radius 1 is 0.933 bits per heavy atom. The fraction of sp³-hybridized carbons (Fsp3) is 0.238. The lowest BCUT2D eigenvalue weighted by Crippen LogP contribution is -2.42. The molecule has 30 heavy (non-hydrogen) atoms. The fourth-order valence-corrected chi connectivity index (χ4v) is 3.75. The zero-order valence-electron chi connectivity index (χ0n) is 16.5. The zero-order valence-corrected chi connectivity index (χ0v) is 17.4. The van der Waals surface area contributed by atoms with Crippen molar-refractivity contribution in [3.05, 3.63) is 71.9 Å². The van der Waals surface area contributed by atoms with Crippen LogP contribution in [0.25, 0.3) is 0 Å². The van der Waals surface area contributed by atoms with Crippen molar-refractivity contribution in [1.82, 2.24) is 4.72 Å². The van der Waals surface area contributed by atoms with Crippen molar-refractivity contribution < 1.29 is 27.5 Å². The van der Waals surface area contributed by atoms with Gasteiger partial charge in [0, 0.05) is 32.3 Å². The van der Waals surface area contributed by atoms with Crippen molar-refractivity contribution in [3.8, 4) is 0 Å². The summed E-state index contributed by atoms with van der Waals surface area (Å²) in [6.07, 6.45) is 1.75. The van der Waals surface area contributed by atoms with Crippen LogP contribution in [0.4, 0.5) is 5.69 Å². The molecule has 0 aromatic heterocycles. The maximum atomic E-state index is 12.4. The van der Waals surface area contributed by atoms with Crippen LogP contribution in [-0.4, -0.2) is 32.7 Å². The number of anilines is 1. The minimum absolute atomic E-state index is 0.104. The molecule has 1 saturated heterocycles. The van der Waals surface area contributed by atoms with E-state index in [0.717, 1.165) is 5.56 Å². The van der Waals surface area contributed by atoms with E-state index in [0.29, 0.717) is 12.1 Å². The van der Waals surface area contributed by atoms with E-state index in [4.69, 9.17) is 9.47 Å². The van der Waals surface area contributed by atoms with Crippen LogP contribution in [0.3, 0.4) is 0 Å². The molecule has 1 aliphatic heterocycles. The molecule has 8 nitrogen and oxygen atoms in total. The van der Waals surface area contributed by atoms with Crippen LogP contribution in [0.1, 0.15) is 19.4 Å². The van der Waals surface area contributed by atoms with Crippen molar-refractivity contribution in [2.24, 2.45) is 0 Å². The van der Waals surface area contributed by atoms with Crippen molar-refractivity contribution in [2.75, 3.05) is 11.9 Å². The molecule has 1 aliphatic rings. The van der Waals surface area contributed by atoms with Crippen LogP contribution in [-0.2, 0) is 35.5 Å². The molecule has 0 saturated carbocycles. The first-order chi connectivity index (χ1) is 14.2. The number of carbonyl (C=O) groups excluding carboxylic acids is 2. The molecule has 158 valence electrons. The second-order valence-corrected chi connectivity index (χ2v) is 8.81. The minimum Gasteiger partial charge on any atom is -0.419 e. The van der Waals surface area contributed by atoms with Crippen molar-refractivity contribution >= 4 is 27.6 Å². The summed E-state index contributed by atoms with van der Waals surface area (Å²) in [5.41, 5.74) is 1.24. The molecular formula is C21H22N2O6S. The summed E-state index contributed by atoms with van der Waals surface area (Å²) in [7, 11) is -3.65. The lowest BCUT2D eigenvalue weighted by molar-refractivity contribution is -0.222. The van der Waals surface area contributed by atoms with E-state index in [-0.39, 0.29) is 17.0 Å². The molecule has 2 N–H and O–H groups in total. The highest BCUT2D eigenvalue weighted by Crippen LogP contribution is 2.23. The Bertz CT molecular complexity index is 1040. The number of carbonyl (C=O) groups is 2. The van der Waals surface area contributed by atoms with E-state index in [9.17, 15) is 18.0 Å². The summed E-state index contributed by atoms with van der Waals surface area (Å²) in [6, 6.07) is 15.5. The quantitative estimate of drug-likeness (QED) is 0.394. The molecule has 1 heterocycles. The predicted molar refractivity (Wildman–Crippen MR) is 110 cm³/mol. The maximum Gasteiger partial charge on any atom is 0.350 e. The number of ether oxygens (including phenoxy) is 2. The highest BCUT2D eigenvalue weighted by molar-refractivity contribution is 7.89. The van der Waals surface area contributed by atoms with Crippen LogP contribution in [0.2, 0.25) is 0 Å². The van der Waals surface area contributed by atoms with E-state index >= 15 is 0 Å². The Morgan fingerprint density at radius 2 is 1.53 bits per heavy atom. The van der Waals surface area contributed by atoms with Crippen LogP contribution in [0.5, 0.6) is 0 Å². The normalized spacial score (nSPS) is 15.9. The molecule has 2 aromatic carbocycles. The summed E-state index contributed by atoms with van der Waals surface area (Å²) >= 11 is 0. The number of nitrogens with one attached hydrogen (secondary N) is 2. The van der Waals surface area contributed by atoms with Gasteiger partial charge in [-0.2, -0.15) is 0 Å². The first-order valence-corrected chi connectivity index (χ1v) is 10.7. The van der Waals surface area contributed by atoms with Crippen LogP contribution in [0.15, 0.2) is 71.3 Å². The van der Waals surface area contributed by atoms with Gasteiger partial charge in [-0.05, 0) is 36.2 Å². The molecule has 2 aromatic rings. The number of rotatable bonds is 7. The molecule has 0 bridgehead atoms. The lowest BCUT2D eigenvalue weighted by Gasteiger charge is -2.29. The average Bonchev–Trinajstić information content (AvgIpc) is 2.67. The number of hydrogen-bond acceptors (Lipinski definition) is 7. The molecule has 9 heteroatoms. The van der Waals surface area contributed by atoms with Gasteiger partial charge in [0.15, 0.2) is 5.57 Å². The third kappa shape index (κ3) is 5.46. The molecular weight excluding hydrogens is 408 g/mol. The third-order valence-corrected chi connectivity index (χ3v) is 5.69. The molecule has 0 radical (unpaired) electrons. The van der Waals surface area contributed by atoms with Gasteiger partial charge >= 0.3 is 11.9 Å². The van der Waals surface area contributed by atoms with E-state index in [1.807, 2.05) is 30.3 Å². The summed E-state index contributed by atoms with van der Waals surface area (Å²) < 4.78 is 37.4. The predicted octanol–water partition coefficient (Wildman–Crippen LogP) is 2.34. The van der Waals surface area contributed by atoms with Crippen molar-refractivity contribution in [1.29, 1.82) is 0 Å². The minimum atomic E-state index is -3.65. The lowest BCUT2D eigenvalue weighted by atomic mass is 10.2. The van der Waals surface area contributed by atoms with Gasteiger partial charge in [0.2, 0.25) is 10.0 Å². The highest BCUT2D eigenvalue weighted by atomic mass is 32.2. The number of benzene rings is 2. The van der Waals surface area contributed by atoms with Gasteiger partial charge in [-0.25, -0.2) is 22.7 Å². The number of esters is 2. The molecule has 0 aliphatic carbocycles. The molecule has 3 rings (SSSR count). The highest BCUT2D eigenvalue weighted by Gasteiger charge is 2.38. The topological polar surface area (TPSA) is 111 Å². The fourth-order valence-electron chi connectivity index (χ4n) is 2.72. The van der Waals surface area contributed by atoms with Gasteiger partial charge in [-0.1, -0.05) is 30.3 Å². The van der Waals surface area contributed by atoms with Crippen LogP contribution < -0.4 is 10.0 Å². The van der Waals surface area contributed by atoms with Gasteiger partial charge in [-0.15, -0.1) is 0 Å². The van der Waals surface area contributed by atoms with E-state index in [1.165, 1.54) is 44.3 Å². The summed E-state index contributed by atoms with van der Waals surface area (Å²) in [5.74, 6) is -2.91. The Balaban J connectivity index is 1.60. The first-order valence-electron chi connectivity index (χ1n) is 9.23. The van der Waals surface area contributed by atoms with E-state index < -0.39 is 27.7 Å². The third-order valence-electron chi connectivity index (χ3n) is 4.21. The molecule has 1 fully saturated rings. The molecule has 0 unspecified atom stereocenters. The molecule has 0 spiro atoms. The van der Waals surface area contributed by atoms with Gasteiger partial charge in [0.1, 0.15) is 0 Å². The standard InChI is InChI=1S/C21H22N2O6S/c1-21(2)28-19(24)18(20(25)29-21)14-22-16-8-10-17(11-9-16)30(26,27)23-13-12-15-6-4-3-5-7-15/h3-11,14,22-23H,12-13H2,1-2H3. The number of sulfonamides is 1. The maximum absolute atomic E-state index is 12.4. The van der Waals surface area contributed by atoms with E-state index in [2.05, 4.69) is 10.0 Å². The number of hydrogen-bond donors (Lipinski definition) is 2.